The Balaban J connectivity index is 2.17. The third kappa shape index (κ3) is 1.80. The molecule has 1 aliphatic rings. The molecule has 4 nitrogen and oxygen atoms in total. The van der Waals surface area contributed by atoms with Crippen molar-refractivity contribution in [1.29, 1.82) is 0 Å². The fourth-order valence-electron chi connectivity index (χ4n) is 1.97. The average molecular weight is 194 g/mol. The van der Waals surface area contributed by atoms with E-state index in [1.807, 2.05) is 6.33 Å². The van der Waals surface area contributed by atoms with Crippen molar-refractivity contribution in [3.63, 3.8) is 0 Å². The van der Waals surface area contributed by atoms with E-state index in [4.69, 9.17) is 0 Å². The molecule has 1 saturated heterocycles. The molecule has 1 aliphatic heterocycles. The molecule has 1 aromatic rings. The van der Waals surface area contributed by atoms with Gasteiger partial charge >= 0.3 is 0 Å². The highest BCUT2D eigenvalue weighted by atomic mass is 15.3. The van der Waals surface area contributed by atoms with Crippen LogP contribution in [-0.2, 0) is 0 Å². The van der Waals surface area contributed by atoms with E-state index in [0.29, 0.717) is 12.1 Å². The Kier molecular flexibility index (Phi) is 2.82. The Morgan fingerprint density at radius 2 is 2.36 bits per heavy atom. The van der Waals surface area contributed by atoms with Gasteiger partial charge in [-0.25, -0.2) is 0 Å². The summed E-state index contributed by atoms with van der Waals surface area (Å²) in [4.78, 5) is 0. The summed E-state index contributed by atoms with van der Waals surface area (Å²) in [6.45, 7) is 5.43. The zero-order chi connectivity index (χ0) is 9.97. The van der Waals surface area contributed by atoms with Crippen molar-refractivity contribution in [3.05, 3.63) is 12.2 Å². The highest BCUT2D eigenvalue weighted by Gasteiger charge is 2.20. The Labute approximate surface area is 84.7 Å². The van der Waals surface area contributed by atoms with Crippen LogP contribution in [0.5, 0.6) is 0 Å². The molecule has 78 valence electrons. The Morgan fingerprint density at radius 3 is 3.00 bits per heavy atom. The fraction of sp³-hybridized carbons (Fsp3) is 0.800. The molecule has 1 fully saturated rings. The van der Waals surface area contributed by atoms with Gasteiger partial charge < -0.3 is 9.88 Å². The lowest BCUT2D eigenvalue weighted by Crippen LogP contribution is -2.29. The molecule has 0 aromatic carbocycles. The van der Waals surface area contributed by atoms with Gasteiger partial charge in [0.15, 0.2) is 0 Å². The maximum Gasteiger partial charge on any atom is 0.150 e. The summed E-state index contributed by atoms with van der Waals surface area (Å²) < 4.78 is 2.16. The van der Waals surface area contributed by atoms with E-state index in [1.54, 1.807) is 0 Å². The molecule has 0 radical (unpaired) electrons. The minimum atomic E-state index is 0.411. The zero-order valence-corrected chi connectivity index (χ0v) is 8.90. The van der Waals surface area contributed by atoms with Gasteiger partial charge in [0.05, 0.1) is 6.04 Å². The Morgan fingerprint density at radius 1 is 1.50 bits per heavy atom. The first-order valence-corrected chi connectivity index (χ1v) is 5.42. The van der Waals surface area contributed by atoms with Crippen LogP contribution >= 0.6 is 0 Å². The molecule has 0 aliphatic carbocycles. The maximum absolute atomic E-state index is 4.21. The van der Waals surface area contributed by atoms with Crippen molar-refractivity contribution in [2.75, 3.05) is 6.54 Å². The van der Waals surface area contributed by atoms with Crippen molar-refractivity contribution < 1.29 is 0 Å². The first kappa shape index (κ1) is 9.65. The number of piperidine rings is 1. The predicted octanol–water partition coefficient (Wildman–Crippen LogP) is 1.67. The topological polar surface area (TPSA) is 42.7 Å². The van der Waals surface area contributed by atoms with E-state index < -0.39 is 0 Å². The summed E-state index contributed by atoms with van der Waals surface area (Å²) in [5.74, 6) is 1.10. The highest BCUT2D eigenvalue weighted by Crippen LogP contribution is 2.22. The lowest BCUT2D eigenvalue weighted by molar-refractivity contribution is 0.377. The number of nitrogens with one attached hydrogen (secondary N) is 1. The minimum absolute atomic E-state index is 0.411. The van der Waals surface area contributed by atoms with E-state index in [9.17, 15) is 0 Å². The first-order valence-electron chi connectivity index (χ1n) is 5.42. The van der Waals surface area contributed by atoms with E-state index in [0.717, 1.165) is 12.4 Å². The van der Waals surface area contributed by atoms with Gasteiger partial charge in [0.1, 0.15) is 12.2 Å². The number of aromatic nitrogens is 3. The summed E-state index contributed by atoms with van der Waals surface area (Å²) in [6, 6.07) is 0.859. The third-order valence-corrected chi connectivity index (χ3v) is 2.78. The van der Waals surface area contributed by atoms with Gasteiger partial charge in [0.25, 0.3) is 0 Å². The Bertz CT molecular complexity index is 286. The van der Waals surface area contributed by atoms with Gasteiger partial charge in [-0.05, 0) is 33.2 Å². The van der Waals surface area contributed by atoms with Crippen LogP contribution in [0.15, 0.2) is 6.33 Å². The number of rotatable bonds is 2. The van der Waals surface area contributed by atoms with Gasteiger partial charge in [-0.3, -0.25) is 0 Å². The quantitative estimate of drug-likeness (QED) is 0.778. The van der Waals surface area contributed by atoms with Gasteiger partial charge in [-0.15, -0.1) is 10.2 Å². The molecule has 4 heteroatoms. The second-order valence-electron chi connectivity index (χ2n) is 4.19. The van der Waals surface area contributed by atoms with Crippen LogP contribution in [0, 0.1) is 0 Å². The predicted molar refractivity (Wildman–Crippen MR) is 55.0 cm³/mol. The molecule has 0 bridgehead atoms. The summed E-state index contributed by atoms with van der Waals surface area (Å²) in [5, 5.41) is 11.7. The van der Waals surface area contributed by atoms with E-state index in [2.05, 4.69) is 33.9 Å². The van der Waals surface area contributed by atoms with E-state index in [-0.39, 0.29) is 0 Å². The number of hydrogen-bond donors (Lipinski definition) is 1. The monoisotopic (exact) mass is 194 g/mol. The third-order valence-electron chi connectivity index (χ3n) is 2.78. The van der Waals surface area contributed by atoms with Crippen LogP contribution in [0.3, 0.4) is 0 Å². The highest BCUT2D eigenvalue weighted by molar-refractivity contribution is 4.97. The van der Waals surface area contributed by atoms with E-state index in [1.165, 1.54) is 19.3 Å². The largest absolute Gasteiger partial charge is 0.314 e. The molecule has 1 N–H and O–H groups in total. The molecule has 0 unspecified atom stereocenters. The Hall–Kier alpha value is -0.900. The van der Waals surface area contributed by atoms with Gasteiger partial charge in [-0.2, -0.15) is 0 Å². The van der Waals surface area contributed by atoms with Gasteiger partial charge in [0.2, 0.25) is 0 Å². The molecule has 1 aromatic heterocycles. The zero-order valence-electron chi connectivity index (χ0n) is 8.90. The standard InChI is InChI=1S/C10H18N4/c1-8(2)14-7-12-13-10(14)9-5-3-4-6-11-9/h7-9,11H,3-6H2,1-2H3/t9-/m0/s1. The van der Waals surface area contributed by atoms with Crippen LogP contribution in [0.2, 0.25) is 0 Å². The van der Waals surface area contributed by atoms with Crippen molar-refractivity contribution in [3.8, 4) is 0 Å². The summed E-state index contributed by atoms with van der Waals surface area (Å²) in [7, 11) is 0. The molecular formula is C10H18N4. The van der Waals surface area contributed by atoms with Crippen molar-refractivity contribution in [2.24, 2.45) is 0 Å². The molecule has 0 spiro atoms. The summed E-state index contributed by atoms with van der Waals surface area (Å²) in [6.07, 6.45) is 5.59. The average Bonchev–Trinajstić information content (AvgIpc) is 2.67. The van der Waals surface area contributed by atoms with Crippen LogP contribution < -0.4 is 5.32 Å². The second kappa shape index (κ2) is 4.09. The SMILES string of the molecule is CC(C)n1cnnc1[C@@H]1CCCCN1. The fourth-order valence-corrected chi connectivity index (χ4v) is 1.97. The van der Waals surface area contributed by atoms with E-state index >= 15 is 0 Å². The smallest absolute Gasteiger partial charge is 0.150 e. The van der Waals surface area contributed by atoms with Crippen molar-refractivity contribution in [2.45, 2.75) is 45.2 Å². The lowest BCUT2D eigenvalue weighted by Gasteiger charge is -2.24. The molecule has 0 amide bonds. The molecule has 2 heterocycles. The van der Waals surface area contributed by atoms with Crippen LogP contribution in [0.25, 0.3) is 0 Å². The lowest BCUT2D eigenvalue weighted by atomic mass is 10.0. The molecule has 0 saturated carbocycles. The van der Waals surface area contributed by atoms with Crippen LogP contribution in [0.4, 0.5) is 0 Å². The first-order chi connectivity index (χ1) is 6.79. The number of hydrogen-bond acceptors (Lipinski definition) is 3. The number of nitrogens with zero attached hydrogens (tertiary/aromatic N) is 3. The summed E-state index contributed by atoms with van der Waals surface area (Å²) >= 11 is 0. The molecule has 2 rings (SSSR count). The minimum Gasteiger partial charge on any atom is -0.314 e. The van der Waals surface area contributed by atoms with Crippen LogP contribution in [-0.4, -0.2) is 21.3 Å². The van der Waals surface area contributed by atoms with Crippen molar-refractivity contribution >= 4 is 0 Å². The molecular weight excluding hydrogens is 176 g/mol. The van der Waals surface area contributed by atoms with Crippen molar-refractivity contribution in [1.82, 2.24) is 20.1 Å². The summed E-state index contributed by atoms with van der Waals surface area (Å²) in [5.41, 5.74) is 0. The van der Waals surface area contributed by atoms with Gasteiger partial charge in [-0.1, -0.05) is 6.42 Å². The van der Waals surface area contributed by atoms with Crippen LogP contribution in [0.1, 0.15) is 51.0 Å². The molecule has 14 heavy (non-hydrogen) atoms. The normalized spacial score (nSPS) is 22.9. The maximum atomic E-state index is 4.21. The molecule has 1 atom stereocenters. The second-order valence-corrected chi connectivity index (χ2v) is 4.19. The van der Waals surface area contributed by atoms with Gasteiger partial charge in [0, 0.05) is 6.04 Å².